The fraction of sp³-hybridized carbons (Fsp3) is 0.182. The van der Waals surface area contributed by atoms with Crippen LogP contribution in [0.5, 0.6) is 11.5 Å². The fourth-order valence-electron chi connectivity index (χ4n) is 1.88. The summed E-state index contributed by atoms with van der Waals surface area (Å²) in [4.78, 5) is 10.8. The molecule has 1 aliphatic rings. The molecule has 0 saturated heterocycles. The van der Waals surface area contributed by atoms with Crippen LogP contribution in [0.3, 0.4) is 0 Å². The number of carboxylic acid groups (broad SMARTS) is 1. The Bertz CT molecular complexity index is 726. The highest BCUT2D eigenvalue weighted by Gasteiger charge is 2.42. The third kappa shape index (κ3) is 2.14. The van der Waals surface area contributed by atoms with Crippen LogP contribution in [0, 0.1) is 0 Å². The molecule has 0 unspecified atom stereocenters. The van der Waals surface area contributed by atoms with E-state index in [0.29, 0.717) is 10.4 Å². The smallest absolute Gasteiger partial charge is 0.436 e. The van der Waals surface area contributed by atoms with Gasteiger partial charge < -0.3 is 14.6 Å². The molecule has 10 heteroatoms. The number of nitrogens with zero attached hydrogens (tertiary/aromatic N) is 3. The number of fused-ring (bicyclic) bond motifs is 1. The van der Waals surface area contributed by atoms with Gasteiger partial charge in [0.15, 0.2) is 17.2 Å². The van der Waals surface area contributed by atoms with Gasteiger partial charge in [0.05, 0.1) is 5.69 Å². The summed E-state index contributed by atoms with van der Waals surface area (Å²) in [7, 11) is 0. The average molecular weight is 301 g/mol. The maximum Gasteiger partial charge on any atom is 0.436 e. The molecule has 110 valence electrons. The second kappa shape index (κ2) is 4.36. The summed E-state index contributed by atoms with van der Waals surface area (Å²) in [5.74, 6) is -1.19. The number of rotatable bonds is 2. The average Bonchev–Trinajstić information content (AvgIpc) is 3.03. The van der Waals surface area contributed by atoms with Gasteiger partial charge in [0.1, 0.15) is 0 Å². The van der Waals surface area contributed by atoms with Crippen LogP contribution in [0.15, 0.2) is 18.2 Å². The highest BCUT2D eigenvalue weighted by molar-refractivity contribution is 5.86. The number of ether oxygens (including phenoxy) is 2. The highest BCUT2D eigenvalue weighted by atomic mass is 19.4. The van der Waals surface area contributed by atoms with E-state index in [1.165, 1.54) is 18.2 Å². The topological polar surface area (TPSA) is 86.5 Å². The molecule has 0 saturated carbocycles. The van der Waals surface area contributed by atoms with Crippen LogP contribution < -0.4 is 9.47 Å². The minimum atomic E-state index is -4.92. The molecule has 2 aromatic rings. The molecule has 21 heavy (non-hydrogen) atoms. The lowest BCUT2D eigenvalue weighted by Crippen LogP contribution is -2.17. The Labute approximate surface area is 114 Å². The van der Waals surface area contributed by atoms with Crippen LogP contribution in [0.2, 0.25) is 0 Å². The zero-order chi connectivity index (χ0) is 15.2. The molecule has 3 rings (SSSR count). The van der Waals surface area contributed by atoms with Crippen molar-refractivity contribution in [2.75, 3.05) is 6.79 Å². The number of halogens is 3. The molecular formula is C11H6F3N3O4. The van der Waals surface area contributed by atoms with E-state index < -0.39 is 23.5 Å². The predicted octanol–water partition coefficient (Wildman–Crippen LogP) is 1.71. The van der Waals surface area contributed by atoms with Crippen molar-refractivity contribution in [3.05, 3.63) is 29.6 Å². The lowest BCUT2D eigenvalue weighted by molar-refractivity contribution is -0.143. The van der Waals surface area contributed by atoms with Crippen LogP contribution >= 0.6 is 0 Å². The third-order valence-corrected chi connectivity index (χ3v) is 2.74. The molecule has 7 nitrogen and oxygen atoms in total. The number of carbonyl (C=O) groups is 1. The Balaban J connectivity index is 2.17. The first-order valence-corrected chi connectivity index (χ1v) is 5.54. The van der Waals surface area contributed by atoms with E-state index in [0.717, 1.165) is 0 Å². The van der Waals surface area contributed by atoms with Gasteiger partial charge in [-0.15, -0.1) is 5.10 Å². The van der Waals surface area contributed by atoms with Crippen molar-refractivity contribution in [1.29, 1.82) is 0 Å². The quantitative estimate of drug-likeness (QED) is 0.908. The second-order valence-corrected chi connectivity index (χ2v) is 4.04. The zero-order valence-electron chi connectivity index (χ0n) is 10.1. The van der Waals surface area contributed by atoms with E-state index in [9.17, 15) is 18.0 Å². The van der Waals surface area contributed by atoms with Crippen LogP contribution in [0.1, 0.15) is 16.2 Å². The zero-order valence-corrected chi connectivity index (χ0v) is 10.1. The molecule has 0 amide bonds. The first-order valence-electron chi connectivity index (χ1n) is 5.54. The van der Waals surface area contributed by atoms with Crippen LogP contribution in [0.4, 0.5) is 13.2 Å². The summed E-state index contributed by atoms with van der Waals surface area (Å²) in [5, 5.41) is 15.1. The molecule has 2 heterocycles. The van der Waals surface area contributed by atoms with Gasteiger partial charge in [-0.2, -0.15) is 13.2 Å². The first kappa shape index (κ1) is 13.2. The van der Waals surface area contributed by atoms with Gasteiger partial charge in [-0.3, -0.25) is 0 Å². The Hall–Kier alpha value is -2.78. The Morgan fingerprint density at radius 1 is 1.29 bits per heavy atom. The van der Waals surface area contributed by atoms with Gasteiger partial charge in [-0.25, -0.2) is 9.48 Å². The van der Waals surface area contributed by atoms with Gasteiger partial charge in [0, 0.05) is 6.07 Å². The normalized spacial score (nSPS) is 13.5. The fourth-order valence-corrected chi connectivity index (χ4v) is 1.88. The standard InChI is InChI=1S/C11H6F3N3O4/c12-11(13,14)9-8(10(18)19)15-16-17(9)5-1-2-6-7(3-5)21-4-20-6/h1-3H,4H2,(H,18,19). The van der Waals surface area contributed by atoms with Gasteiger partial charge in [-0.05, 0) is 12.1 Å². The van der Waals surface area contributed by atoms with Gasteiger partial charge in [0.2, 0.25) is 12.5 Å². The largest absolute Gasteiger partial charge is 0.476 e. The van der Waals surface area contributed by atoms with E-state index in [1.54, 1.807) is 0 Å². The predicted molar refractivity (Wildman–Crippen MR) is 59.4 cm³/mol. The summed E-state index contributed by atoms with van der Waals surface area (Å²) < 4.78 is 49.6. The van der Waals surface area contributed by atoms with Gasteiger partial charge in [-0.1, -0.05) is 5.21 Å². The summed E-state index contributed by atoms with van der Waals surface area (Å²) in [5.41, 5.74) is -2.67. The van der Waals surface area contributed by atoms with E-state index in [1.807, 2.05) is 0 Å². The molecular weight excluding hydrogens is 295 g/mol. The van der Waals surface area contributed by atoms with Crippen molar-refractivity contribution in [3.63, 3.8) is 0 Å². The molecule has 1 aliphatic heterocycles. The monoisotopic (exact) mass is 301 g/mol. The summed E-state index contributed by atoms with van der Waals surface area (Å²) in [6.45, 7) is -0.0390. The van der Waals surface area contributed by atoms with Crippen LogP contribution in [-0.4, -0.2) is 32.9 Å². The van der Waals surface area contributed by atoms with Crippen molar-refractivity contribution >= 4 is 5.97 Å². The van der Waals surface area contributed by atoms with Crippen molar-refractivity contribution in [2.24, 2.45) is 0 Å². The second-order valence-electron chi connectivity index (χ2n) is 4.04. The third-order valence-electron chi connectivity index (χ3n) is 2.74. The van der Waals surface area contributed by atoms with Crippen molar-refractivity contribution < 1.29 is 32.5 Å². The van der Waals surface area contributed by atoms with E-state index in [-0.39, 0.29) is 18.2 Å². The molecule has 0 atom stereocenters. The molecule has 0 spiro atoms. The Kier molecular flexibility index (Phi) is 2.75. The molecule has 1 N–H and O–H groups in total. The molecule has 0 fully saturated rings. The van der Waals surface area contributed by atoms with E-state index in [4.69, 9.17) is 14.6 Å². The van der Waals surface area contributed by atoms with Crippen LogP contribution in [-0.2, 0) is 6.18 Å². The lowest BCUT2D eigenvalue weighted by Gasteiger charge is -2.10. The van der Waals surface area contributed by atoms with Crippen molar-refractivity contribution in [2.45, 2.75) is 6.18 Å². The SMILES string of the molecule is O=C(O)c1nnn(-c2ccc3c(c2)OCO3)c1C(F)(F)F. The molecule has 0 bridgehead atoms. The molecule has 0 aliphatic carbocycles. The number of aromatic carboxylic acids is 1. The van der Waals surface area contributed by atoms with E-state index in [2.05, 4.69) is 10.3 Å². The Morgan fingerprint density at radius 2 is 2.00 bits per heavy atom. The number of hydrogen-bond acceptors (Lipinski definition) is 5. The molecule has 1 aromatic heterocycles. The number of carboxylic acids is 1. The maximum absolute atomic E-state index is 13.0. The summed E-state index contributed by atoms with van der Waals surface area (Å²) >= 11 is 0. The number of alkyl halides is 3. The highest BCUT2D eigenvalue weighted by Crippen LogP contribution is 2.36. The van der Waals surface area contributed by atoms with Gasteiger partial charge >= 0.3 is 12.1 Å². The molecule has 1 aromatic carbocycles. The maximum atomic E-state index is 13.0. The number of hydrogen-bond donors (Lipinski definition) is 1. The minimum Gasteiger partial charge on any atom is -0.476 e. The first-order chi connectivity index (χ1) is 9.88. The van der Waals surface area contributed by atoms with Crippen LogP contribution in [0.25, 0.3) is 5.69 Å². The molecule has 0 radical (unpaired) electrons. The number of benzene rings is 1. The number of aromatic nitrogens is 3. The van der Waals surface area contributed by atoms with E-state index >= 15 is 0 Å². The van der Waals surface area contributed by atoms with Crippen molar-refractivity contribution in [1.82, 2.24) is 15.0 Å². The summed E-state index contributed by atoms with van der Waals surface area (Å²) in [6.07, 6.45) is -4.92. The van der Waals surface area contributed by atoms with Crippen molar-refractivity contribution in [3.8, 4) is 17.2 Å². The lowest BCUT2D eigenvalue weighted by atomic mass is 10.2. The Morgan fingerprint density at radius 3 is 2.67 bits per heavy atom. The minimum absolute atomic E-state index is 0.0356. The van der Waals surface area contributed by atoms with Gasteiger partial charge in [0.25, 0.3) is 0 Å². The summed E-state index contributed by atoms with van der Waals surface area (Å²) in [6, 6.07) is 3.96.